The van der Waals surface area contributed by atoms with Crippen molar-refractivity contribution in [2.45, 2.75) is 37.3 Å². The number of aromatic nitrogens is 5. The molecule has 1 atom stereocenters. The fraction of sp³-hybridized carbons (Fsp3) is 0.189. The minimum absolute atomic E-state index is 0.175. The van der Waals surface area contributed by atoms with Crippen LogP contribution in [0.1, 0.15) is 29.8 Å². The number of benzene rings is 3. The molecule has 2 N–H and O–H groups in total. The van der Waals surface area contributed by atoms with E-state index in [1.165, 1.54) is 58.9 Å². The third-order valence-electron chi connectivity index (χ3n) is 8.40. The summed E-state index contributed by atoms with van der Waals surface area (Å²) in [6.45, 7) is 3.16. The molecule has 1 amide bonds. The molecule has 54 heavy (non-hydrogen) atoms. The maximum atomic E-state index is 15.4. The van der Waals surface area contributed by atoms with Crippen LogP contribution in [0.3, 0.4) is 0 Å². The number of fused-ring (bicyclic) bond motifs is 1. The number of carbonyl (C=O) groups excluding carboxylic acids is 2. The average Bonchev–Trinajstić information content (AvgIpc) is 3.52. The summed E-state index contributed by atoms with van der Waals surface area (Å²) < 4.78 is 67.9. The molecule has 14 nitrogen and oxygen atoms in total. The van der Waals surface area contributed by atoms with Crippen molar-refractivity contribution in [3.8, 4) is 16.8 Å². The van der Waals surface area contributed by atoms with Crippen LogP contribution in [0.25, 0.3) is 28.0 Å². The second kappa shape index (κ2) is 14.9. The van der Waals surface area contributed by atoms with Crippen molar-refractivity contribution in [1.82, 2.24) is 29.0 Å². The fourth-order valence-corrected chi connectivity index (χ4v) is 6.80. The number of nitrogens with zero attached hydrogens (tertiary/aromatic N) is 5. The molecule has 6 aromatic rings. The van der Waals surface area contributed by atoms with Gasteiger partial charge >= 0.3 is 11.7 Å². The molecular weight excluding hydrogens is 725 g/mol. The molecule has 17 heteroatoms. The number of imidazole rings is 1. The Hall–Kier alpha value is -6.49. The Labute approximate surface area is 306 Å². The van der Waals surface area contributed by atoms with Crippen molar-refractivity contribution in [1.29, 1.82) is 0 Å². The predicted octanol–water partition coefficient (Wildman–Crippen LogP) is 3.86. The number of amides is 1. The van der Waals surface area contributed by atoms with Crippen LogP contribution in [0, 0.1) is 11.6 Å². The summed E-state index contributed by atoms with van der Waals surface area (Å²) in [6.07, 6.45) is 3.80. The van der Waals surface area contributed by atoms with E-state index < -0.39 is 68.2 Å². The second-order valence-corrected chi connectivity index (χ2v) is 14.3. The number of hydrogen-bond acceptors (Lipinski definition) is 9. The van der Waals surface area contributed by atoms with E-state index in [0.717, 1.165) is 15.7 Å². The number of hydrogen-bond donors (Lipinski definition) is 2. The van der Waals surface area contributed by atoms with Crippen molar-refractivity contribution in [2.75, 3.05) is 4.72 Å². The lowest BCUT2D eigenvalue weighted by Crippen LogP contribution is -2.44. The molecule has 3 heterocycles. The van der Waals surface area contributed by atoms with Gasteiger partial charge in [-0.05, 0) is 79.1 Å². The van der Waals surface area contributed by atoms with Gasteiger partial charge < -0.3 is 14.6 Å². The molecule has 0 fully saturated rings. The Morgan fingerprint density at radius 1 is 0.889 bits per heavy atom. The quantitative estimate of drug-likeness (QED) is 0.186. The Bertz CT molecular complexity index is 2600. The molecule has 0 aliphatic carbocycles. The molecule has 0 aliphatic heterocycles. The summed E-state index contributed by atoms with van der Waals surface area (Å²) in [7, 11) is -1.18. The van der Waals surface area contributed by atoms with E-state index >= 15 is 8.78 Å². The normalized spacial score (nSPS) is 12.1. The molecule has 3 aromatic heterocycles. The highest BCUT2D eigenvalue weighted by Gasteiger charge is 2.28. The predicted molar refractivity (Wildman–Crippen MR) is 195 cm³/mol. The first-order chi connectivity index (χ1) is 25.6. The minimum atomic E-state index is -4.29. The molecule has 0 aliphatic rings. The first kappa shape index (κ1) is 37.3. The van der Waals surface area contributed by atoms with Gasteiger partial charge in [0.25, 0.3) is 21.5 Å². The van der Waals surface area contributed by atoms with Crippen LogP contribution in [0.5, 0.6) is 0 Å². The number of sulfonamides is 1. The Balaban J connectivity index is 1.21. The number of esters is 1. The number of nitrogens with one attached hydrogen (secondary N) is 2. The Morgan fingerprint density at radius 3 is 2.11 bits per heavy atom. The lowest BCUT2D eigenvalue weighted by molar-refractivity contribution is -0.149. The molecular formula is C37H33F2N7O7S. The van der Waals surface area contributed by atoms with E-state index in [2.05, 4.69) is 20.0 Å². The van der Waals surface area contributed by atoms with Gasteiger partial charge in [-0.3, -0.25) is 23.9 Å². The van der Waals surface area contributed by atoms with Crippen LogP contribution in [-0.2, 0) is 40.1 Å². The van der Waals surface area contributed by atoms with Gasteiger partial charge in [0, 0.05) is 32.9 Å². The summed E-state index contributed by atoms with van der Waals surface area (Å²) in [4.78, 5) is 60.6. The zero-order valence-corrected chi connectivity index (χ0v) is 30.1. The van der Waals surface area contributed by atoms with Gasteiger partial charge in [0.05, 0.1) is 28.7 Å². The zero-order chi connectivity index (χ0) is 38.9. The smallest absolute Gasteiger partial charge is 0.337 e. The fourth-order valence-electron chi connectivity index (χ4n) is 5.76. The van der Waals surface area contributed by atoms with Crippen molar-refractivity contribution in [3.63, 3.8) is 0 Å². The van der Waals surface area contributed by atoms with Crippen molar-refractivity contribution >= 4 is 38.8 Å². The summed E-state index contributed by atoms with van der Waals surface area (Å²) in [5, 5.41) is 2.32. The molecule has 0 radical (unpaired) electrons. The number of ether oxygens (including phenoxy) is 1. The van der Waals surface area contributed by atoms with E-state index in [1.807, 2.05) is 0 Å². The van der Waals surface area contributed by atoms with Crippen LogP contribution in [0.2, 0.25) is 0 Å². The molecule has 0 spiro atoms. The van der Waals surface area contributed by atoms with Crippen LogP contribution in [0.15, 0.2) is 106 Å². The summed E-state index contributed by atoms with van der Waals surface area (Å²) >= 11 is 0. The van der Waals surface area contributed by atoms with Crippen LogP contribution < -0.4 is 21.3 Å². The number of halogens is 2. The maximum absolute atomic E-state index is 15.4. The molecule has 0 saturated heterocycles. The average molecular weight is 758 g/mol. The number of carbonyl (C=O) groups is 2. The highest BCUT2D eigenvalue weighted by atomic mass is 32.2. The zero-order valence-electron chi connectivity index (χ0n) is 29.3. The van der Waals surface area contributed by atoms with Crippen molar-refractivity contribution < 1.29 is 31.5 Å². The van der Waals surface area contributed by atoms with Crippen LogP contribution in [0.4, 0.5) is 14.5 Å². The Kier molecular flexibility index (Phi) is 10.3. The van der Waals surface area contributed by atoms with Gasteiger partial charge in [-0.15, -0.1) is 0 Å². The van der Waals surface area contributed by atoms with E-state index in [9.17, 15) is 27.6 Å². The van der Waals surface area contributed by atoms with E-state index in [4.69, 9.17) is 4.74 Å². The first-order valence-corrected chi connectivity index (χ1v) is 17.9. The lowest BCUT2D eigenvalue weighted by Gasteiger charge is -2.20. The molecule has 278 valence electrons. The van der Waals surface area contributed by atoms with Gasteiger partial charge in [-0.1, -0.05) is 24.3 Å². The van der Waals surface area contributed by atoms with Gasteiger partial charge in [-0.2, -0.15) is 0 Å². The van der Waals surface area contributed by atoms with Crippen molar-refractivity contribution in [2.24, 2.45) is 14.1 Å². The van der Waals surface area contributed by atoms with Gasteiger partial charge in [0.15, 0.2) is 11.2 Å². The summed E-state index contributed by atoms with van der Waals surface area (Å²) in [5.74, 6) is -4.98. The van der Waals surface area contributed by atoms with Crippen molar-refractivity contribution in [3.05, 3.63) is 135 Å². The number of aryl methyl sites for hydroxylation is 2. The van der Waals surface area contributed by atoms with E-state index in [-0.39, 0.29) is 28.2 Å². The third kappa shape index (κ3) is 7.52. The lowest BCUT2D eigenvalue weighted by atomic mass is 10.0. The third-order valence-corrected chi connectivity index (χ3v) is 9.79. The topological polar surface area (TPSA) is 176 Å². The Morgan fingerprint density at radius 2 is 1.50 bits per heavy atom. The number of pyridine rings is 1. The second-order valence-electron chi connectivity index (χ2n) is 12.6. The summed E-state index contributed by atoms with van der Waals surface area (Å²) in [5.41, 5.74) is -0.154. The monoisotopic (exact) mass is 757 g/mol. The van der Waals surface area contributed by atoms with Gasteiger partial charge in [-0.25, -0.2) is 36.3 Å². The molecule has 0 unspecified atom stereocenters. The molecule has 0 saturated carbocycles. The first-order valence-electron chi connectivity index (χ1n) is 16.4. The maximum Gasteiger partial charge on any atom is 0.337 e. The summed E-state index contributed by atoms with van der Waals surface area (Å²) in [6, 6.07) is 15.2. The highest BCUT2D eigenvalue weighted by Crippen LogP contribution is 2.25. The SMILES string of the molecule is CC(C)OC(=O)[C@H](Cc1ccc(-n2c(=O)c3c(ncn3C)n(C)c2=O)cc1)NC(=O)c1c(F)cc(NS(=O)(=O)c2ccc(-c3ccncc3)cc2)cc1F. The van der Waals surface area contributed by atoms with Gasteiger partial charge in [0.1, 0.15) is 23.2 Å². The standard InChI is InChI=1S/C37H33F2N7O7S/c1-21(2)53-36(49)30(17-22-5-9-26(10-6-22)46-35(48)32-33(41-20-44(32)3)45(4)37(46)50)42-34(47)31-28(38)18-25(19-29(31)39)43-54(51,52)27-11-7-23(8-12-27)24-13-15-40-16-14-24/h5-16,18-21,30,43H,17H2,1-4H3,(H,42,47)/t30-/m0/s1. The number of rotatable bonds is 11. The molecule has 0 bridgehead atoms. The van der Waals surface area contributed by atoms with Gasteiger partial charge in [0.2, 0.25) is 0 Å². The largest absolute Gasteiger partial charge is 0.461 e. The van der Waals surface area contributed by atoms with Crippen LogP contribution >= 0.6 is 0 Å². The van der Waals surface area contributed by atoms with E-state index in [0.29, 0.717) is 17.7 Å². The molecule has 6 rings (SSSR count). The van der Waals surface area contributed by atoms with Crippen LogP contribution in [-0.4, -0.2) is 56.1 Å². The highest BCUT2D eigenvalue weighted by molar-refractivity contribution is 7.92. The number of anilines is 1. The minimum Gasteiger partial charge on any atom is -0.461 e. The molecule has 3 aromatic carbocycles. The van der Waals surface area contributed by atoms with E-state index in [1.54, 1.807) is 57.6 Å².